The molecule has 0 bridgehead atoms. The zero-order valence-corrected chi connectivity index (χ0v) is 11.7. The number of aromatic amines is 1. The van der Waals surface area contributed by atoms with E-state index in [9.17, 15) is 0 Å². The zero-order chi connectivity index (χ0) is 13.2. The molecule has 0 radical (unpaired) electrons. The Bertz CT molecular complexity index is 509. The quantitative estimate of drug-likeness (QED) is 0.888. The minimum absolute atomic E-state index is 0.0905. The van der Waals surface area contributed by atoms with Crippen molar-refractivity contribution in [3.63, 3.8) is 0 Å². The summed E-state index contributed by atoms with van der Waals surface area (Å²) in [6.45, 7) is 7.14. The van der Waals surface area contributed by atoms with Gasteiger partial charge in [-0.1, -0.05) is 23.7 Å². The first-order valence-electron chi connectivity index (χ1n) is 5.99. The molecule has 0 atom stereocenters. The first-order chi connectivity index (χ1) is 8.44. The summed E-state index contributed by atoms with van der Waals surface area (Å²) in [5.41, 5.74) is 2.19. The van der Waals surface area contributed by atoms with Gasteiger partial charge in [-0.05, 0) is 38.5 Å². The fourth-order valence-corrected chi connectivity index (χ4v) is 1.70. The van der Waals surface area contributed by atoms with Gasteiger partial charge in [-0.2, -0.15) is 0 Å². The lowest BCUT2D eigenvalue weighted by Gasteiger charge is -2.19. The molecule has 0 amide bonds. The lowest BCUT2D eigenvalue weighted by molar-refractivity contribution is 0.418. The van der Waals surface area contributed by atoms with Gasteiger partial charge in [0.15, 0.2) is 0 Å². The summed E-state index contributed by atoms with van der Waals surface area (Å²) >= 11 is 5.87. The van der Waals surface area contributed by atoms with Crippen LogP contribution in [-0.4, -0.2) is 15.5 Å². The lowest BCUT2D eigenvalue weighted by Crippen LogP contribution is -2.35. The highest BCUT2D eigenvalue weighted by Gasteiger charge is 2.10. The van der Waals surface area contributed by atoms with Crippen molar-refractivity contribution in [2.24, 2.45) is 0 Å². The van der Waals surface area contributed by atoms with Gasteiger partial charge < -0.3 is 10.3 Å². The van der Waals surface area contributed by atoms with Gasteiger partial charge in [-0.15, -0.1) is 0 Å². The molecular formula is C14H18ClN3. The molecule has 0 aliphatic heterocycles. The summed E-state index contributed by atoms with van der Waals surface area (Å²) in [6.07, 6.45) is 1.85. The Morgan fingerprint density at radius 2 is 1.89 bits per heavy atom. The molecule has 0 unspecified atom stereocenters. The third-order valence-electron chi connectivity index (χ3n) is 2.57. The molecule has 2 N–H and O–H groups in total. The smallest absolute Gasteiger partial charge is 0.120 e. The largest absolute Gasteiger partial charge is 0.341 e. The molecule has 18 heavy (non-hydrogen) atoms. The highest BCUT2D eigenvalue weighted by atomic mass is 35.5. The van der Waals surface area contributed by atoms with Gasteiger partial charge in [-0.3, -0.25) is 0 Å². The van der Waals surface area contributed by atoms with Crippen LogP contribution in [0.25, 0.3) is 11.3 Å². The van der Waals surface area contributed by atoms with E-state index < -0.39 is 0 Å². The highest BCUT2D eigenvalue weighted by Crippen LogP contribution is 2.19. The number of H-pyrrole nitrogens is 1. The van der Waals surface area contributed by atoms with Gasteiger partial charge in [0.05, 0.1) is 18.4 Å². The standard InChI is InChI=1S/C14H18ClN3/c1-14(2,3)17-9-13-16-8-12(18-13)10-4-6-11(15)7-5-10/h4-8,17H,9H2,1-3H3,(H,16,18). The first-order valence-corrected chi connectivity index (χ1v) is 6.37. The highest BCUT2D eigenvalue weighted by molar-refractivity contribution is 6.30. The normalized spacial score (nSPS) is 11.8. The Morgan fingerprint density at radius 3 is 2.50 bits per heavy atom. The first kappa shape index (κ1) is 13.1. The SMILES string of the molecule is CC(C)(C)NCc1ncc(-c2ccc(Cl)cc2)[nH]1. The Morgan fingerprint density at radius 1 is 1.22 bits per heavy atom. The number of imidazole rings is 1. The number of nitrogens with one attached hydrogen (secondary N) is 2. The maximum atomic E-state index is 5.87. The van der Waals surface area contributed by atoms with Crippen LogP contribution >= 0.6 is 11.6 Å². The van der Waals surface area contributed by atoms with Crippen molar-refractivity contribution in [2.45, 2.75) is 32.9 Å². The molecule has 2 rings (SSSR count). The summed E-state index contributed by atoms with van der Waals surface area (Å²) in [7, 11) is 0. The fourth-order valence-electron chi connectivity index (χ4n) is 1.58. The van der Waals surface area contributed by atoms with Crippen molar-refractivity contribution in [2.75, 3.05) is 0 Å². The number of hydrogen-bond donors (Lipinski definition) is 2. The molecule has 1 aromatic carbocycles. The number of hydrogen-bond acceptors (Lipinski definition) is 2. The van der Waals surface area contributed by atoms with Crippen LogP contribution in [0, 0.1) is 0 Å². The number of benzene rings is 1. The van der Waals surface area contributed by atoms with Crippen LogP contribution in [0.5, 0.6) is 0 Å². The van der Waals surface area contributed by atoms with Crippen LogP contribution < -0.4 is 5.32 Å². The van der Waals surface area contributed by atoms with E-state index in [1.165, 1.54) is 0 Å². The molecule has 3 nitrogen and oxygen atoms in total. The van der Waals surface area contributed by atoms with Crippen molar-refractivity contribution in [3.05, 3.63) is 41.3 Å². The Hall–Kier alpha value is -1.32. The molecule has 1 heterocycles. The van der Waals surface area contributed by atoms with E-state index in [4.69, 9.17) is 11.6 Å². The van der Waals surface area contributed by atoms with Crippen LogP contribution in [0.15, 0.2) is 30.5 Å². The Labute approximate surface area is 113 Å². The van der Waals surface area contributed by atoms with E-state index in [0.717, 1.165) is 28.6 Å². The number of rotatable bonds is 3. The summed E-state index contributed by atoms with van der Waals surface area (Å²) in [5.74, 6) is 0.940. The predicted molar refractivity (Wildman–Crippen MR) is 75.6 cm³/mol. The van der Waals surface area contributed by atoms with E-state index >= 15 is 0 Å². The second-order valence-electron chi connectivity index (χ2n) is 5.35. The minimum Gasteiger partial charge on any atom is -0.341 e. The van der Waals surface area contributed by atoms with E-state index in [0.29, 0.717) is 0 Å². The summed E-state index contributed by atoms with van der Waals surface area (Å²) in [4.78, 5) is 7.67. The van der Waals surface area contributed by atoms with E-state index in [1.54, 1.807) is 0 Å². The lowest BCUT2D eigenvalue weighted by atomic mass is 10.1. The third kappa shape index (κ3) is 3.59. The van der Waals surface area contributed by atoms with Gasteiger partial charge in [0.25, 0.3) is 0 Å². The molecule has 1 aromatic heterocycles. The number of aromatic nitrogens is 2. The van der Waals surface area contributed by atoms with Gasteiger partial charge >= 0.3 is 0 Å². The monoisotopic (exact) mass is 263 g/mol. The number of halogens is 1. The van der Waals surface area contributed by atoms with E-state index in [-0.39, 0.29) is 5.54 Å². The topological polar surface area (TPSA) is 40.7 Å². The molecule has 4 heteroatoms. The number of nitrogens with zero attached hydrogens (tertiary/aromatic N) is 1. The van der Waals surface area contributed by atoms with Crippen molar-refractivity contribution < 1.29 is 0 Å². The molecule has 2 aromatic rings. The maximum absolute atomic E-state index is 5.87. The molecule has 0 saturated carbocycles. The molecule has 0 aliphatic carbocycles. The van der Waals surface area contributed by atoms with Crippen LogP contribution in [0.1, 0.15) is 26.6 Å². The Kier molecular flexibility index (Phi) is 3.73. The van der Waals surface area contributed by atoms with Crippen LogP contribution in [-0.2, 0) is 6.54 Å². The summed E-state index contributed by atoms with van der Waals surface area (Å²) < 4.78 is 0. The van der Waals surface area contributed by atoms with E-state index in [1.807, 2.05) is 30.5 Å². The minimum atomic E-state index is 0.0905. The molecule has 0 fully saturated rings. The second-order valence-corrected chi connectivity index (χ2v) is 5.79. The maximum Gasteiger partial charge on any atom is 0.120 e. The van der Waals surface area contributed by atoms with Gasteiger partial charge in [0.2, 0.25) is 0 Å². The average molecular weight is 264 g/mol. The molecule has 0 saturated heterocycles. The molecule has 96 valence electrons. The summed E-state index contributed by atoms with van der Waals surface area (Å²) in [5, 5.41) is 4.14. The van der Waals surface area contributed by atoms with Crippen molar-refractivity contribution in [1.82, 2.24) is 15.3 Å². The average Bonchev–Trinajstić information content (AvgIpc) is 2.75. The predicted octanol–water partition coefficient (Wildman–Crippen LogP) is 3.62. The van der Waals surface area contributed by atoms with Crippen molar-refractivity contribution in [1.29, 1.82) is 0 Å². The second kappa shape index (κ2) is 5.12. The van der Waals surface area contributed by atoms with Gasteiger partial charge in [0, 0.05) is 10.6 Å². The molecular weight excluding hydrogens is 246 g/mol. The van der Waals surface area contributed by atoms with E-state index in [2.05, 4.69) is 36.1 Å². The zero-order valence-electron chi connectivity index (χ0n) is 10.9. The van der Waals surface area contributed by atoms with Crippen molar-refractivity contribution in [3.8, 4) is 11.3 Å². The van der Waals surface area contributed by atoms with Gasteiger partial charge in [0.1, 0.15) is 5.82 Å². The van der Waals surface area contributed by atoms with Crippen molar-refractivity contribution >= 4 is 11.6 Å². The summed E-state index contributed by atoms with van der Waals surface area (Å²) in [6, 6.07) is 7.73. The van der Waals surface area contributed by atoms with Crippen LogP contribution in [0.4, 0.5) is 0 Å². The third-order valence-corrected chi connectivity index (χ3v) is 2.82. The van der Waals surface area contributed by atoms with Gasteiger partial charge in [-0.25, -0.2) is 4.98 Å². The Balaban J connectivity index is 2.08. The van der Waals surface area contributed by atoms with Crippen LogP contribution in [0.3, 0.4) is 0 Å². The molecule has 0 aliphatic rings. The fraction of sp³-hybridized carbons (Fsp3) is 0.357. The van der Waals surface area contributed by atoms with Crippen LogP contribution in [0.2, 0.25) is 5.02 Å². The molecule has 0 spiro atoms.